The van der Waals surface area contributed by atoms with Gasteiger partial charge >= 0.3 is 0 Å². The van der Waals surface area contributed by atoms with Crippen LogP contribution in [-0.2, 0) is 0 Å². The average Bonchev–Trinajstić information content (AvgIpc) is 2.67. The molecule has 1 aromatic carbocycles. The van der Waals surface area contributed by atoms with Crippen LogP contribution in [0.15, 0.2) is 24.3 Å². The van der Waals surface area contributed by atoms with E-state index in [0.717, 1.165) is 52.1 Å². The summed E-state index contributed by atoms with van der Waals surface area (Å²) in [5.41, 5.74) is 1.01. The predicted octanol–water partition coefficient (Wildman–Crippen LogP) is 2.05. The lowest BCUT2D eigenvalue weighted by atomic mass is 9.88. The molecule has 0 radical (unpaired) electrons. The monoisotopic (exact) mass is 340 g/mol. The minimum Gasteiger partial charge on any atom is -0.339 e. The third kappa shape index (κ3) is 4.02. The lowest BCUT2D eigenvalue weighted by Gasteiger charge is -2.42. The van der Waals surface area contributed by atoms with Crippen LogP contribution in [0.25, 0.3) is 0 Å². The minimum absolute atomic E-state index is 0.00264. The average molecular weight is 340 g/mol. The normalized spacial score (nSPS) is 21.7. The first kappa shape index (κ1) is 17.9. The van der Waals surface area contributed by atoms with Gasteiger partial charge in [-0.3, -0.25) is 9.69 Å². The summed E-state index contributed by atoms with van der Waals surface area (Å²) in [4.78, 5) is 19.7. The molecule has 25 heavy (non-hydrogen) atoms. The smallest absolute Gasteiger partial charge is 0.255 e. The zero-order valence-corrected chi connectivity index (χ0v) is 15.3. The summed E-state index contributed by atoms with van der Waals surface area (Å²) >= 11 is 0. The number of benzene rings is 1. The van der Waals surface area contributed by atoms with Crippen LogP contribution in [0.2, 0.25) is 0 Å². The molecule has 0 spiro atoms. The highest BCUT2D eigenvalue weighted by molar-refractivity contribution is 5.96. The number of rotatable bonds is 3. The van der Waals surface area contributed by atoms with Gasteiger partial charge in [-0.25, -0.2) is 0 Å². The Morgan fingerprint density at radius 2 is 1.76 bits per heavy atom. The van der Waals surface area contributed by atoms with E-state index in [0.29, 0.717) is 23.1 Å². The van der Waals surface area contributed by atoms with Gasteiger partial charge in [-0.1, -0.05) is 12.1 Å². The molecule has 2 aliphatic heterocycles. The molecule has 0 saturated carbocycles. The van der Waals surface area contributed by atoms with Gasteiger partial charge in [0, 0.05) is 45.3 Å². The summed E-state index contributed by atoms with van der Waals surface area (Å²) in [5.74, 6) is 0.654. The zero-order valence-electron chi connectivity index (χ0n) is 15.3. The summed E-state index contributed by atoms with van der Waals surface area (Å²) in [6.45, 7) is 8.51. The molecule has 2 heterocycles. The largest absolute Gasteiger partial charge is 0.339 e. The maximum atomic E-state index is 12.8. The summed E-state index contributed by atoms with van der Waals surface area (Å²) in [7, 11) is 2.19. The lowest BCUT2D eigenvalue weighted by molar-refractivity contribution is 0.0500. The van der Waals surface area contributed by atoms with E-state index in [1.54, 1.807) is 18.2 Å². The second-order valence-electron chi connectivity index (χ2n) is 7.37. The van der Waals surface area contributed by atoms with Crippen molar-refractivity contribution in [2.75, 3.05) is 46.3 Å². The lowest BCUT2D eigenvalue weighted by Crippen LogP contribution is -2.52. The van der Waals surface area contributed by atoms with Gasteiger partial charge in [-0.05, 0) is 44.9 Å². The predicted molar refractivity (Wildman–Crippen MR) is 98.3 cm³/mol. The summed E-state index contributed by atoms with van der Waals surface area (Å²) in [6, 6.07) is 9.83. The van der Waals surface area contributed by atoms with Gasteiger partial charge in [0.15, 0.2) is 0 Å². The molecule has 0 aliphatic carbocycles. The number of likely N-dealkylation sites (N-methyl/N-ethyl adjacent to an activating group) is 1. The van der Waals surface area contributed by atoms with Crippen molar-refractivity contribution < 1.29 is 4.79 Å². The van der Waals surface area contributed by atoms with Crippen LogP contribution < -0.4 is 0 Å². The van der Waals surface area contributed by atoms with Gasteiger partial charge in [0.25, 0.3) is 5.91 Å². The van der Waals surface area contributed by atoms with Crippen molar-refractivity contribution in [3.05, 3.63) is 35.4 Å². The van der Waals surface area contributed by atoms with Crippen molar-refractivity contribution >= 4 is 5.91 Å². The maximum Gasteiger partial charge on any atom is 0.255 e. The SMILES string of the molecule is CC(C1CCN(C(=O)c2ccccc2C#N)CC1)N1CCN(C)CC1. The van der Waals surface area contributed by atoms with Crippen molar-refractivity contribution in [3.63, 3.8) is 0 Å². The first-order valence-corrected chi connectivity index (χ1v) is 9.31. The number of hydrogen-bond acceptors (Lipinski definition) is 4. The first-order chi connectivity index (χ1) is 12.1. The number of hydrogen-bond donors (Lipinski definition) is 0. The molecule has 3 rings (SSSR count). The van der Waals surface area contributed by atoms with Crippen molar-refractivity contribution in [3.8, 4) is 6.07 Å². The fourth-order valence-electron chi connectivity index (χ4n) is 4.05. The molecule has 1 unspecified atom stereocenters. The van der Waals surface area contributed by atoms with Gasteiger partial charge in [0.2, 0.25) is 0 Å². The Bertz CT molecular complexity index is 637. The number of carbonyl (C=O) groups excluding carboxylic acids is 1. The molecular formula is C20H28N4O. The molecule has 2 aliphatic rings. The Kier molecular flexibility index (Phi) is 5.72. The van der Waals surface area contributed by atoms with E-state index >= 15 is 0 Å². The highest BCUT2D eigenvalue weighted by Crippen LogP contribution is 2.26. The van der Waals surface area contributed by atoms with E-state index in [1.165, 1.54) is 0 Å². The molecule has 1 atom stereocenters. The number of nitrogens with zero attached hydrogens (tertiary/aromatic N) is 4. The highest BCUT2D eigenvalue weighted by Gasteiger charge is 2.31. The number of piperazine rings is 1. The number of nitriles is 1. The van der Waals surface area contributed by atoms with Gasteiger partial charge < -0.3 is 9.80 Å². The molecule has 2 fully saturated rings. The molecule has 0 N–H and O–H groups in total. The second kappa shape index (κ2) is 7.99. The Labute approximate surface area is 150 Å². The van der Waals surface area contributed by atoms with Crippen molar-refractivity contribution in [1.29, 1.82) is 5.26 Å². The van der Waals surface area contributed by atoms with Gasteiger partial charge in [0.05, 0.1) is 17.2 Å². The highest BCUT2D eigenvalue weighted by atomic mass is 16.2. The fourth-order valence-corrected chi connectivity index (χ4v) is 4.05. The molecular weight excluding hydrogens is 312 g/mol. The molecule has 0 aromatic heterocycles. The number of carbonyl (C=O) groups is 1. The molecule has 5 nitrogen and oxygen atoms in total. The number of likely N-dealkylation sites (tertiary alicyclic amines) is 1. The summed E-state index contributed by atoms with van der Waals surface area (Å²) in [5, 5.41) is 9.21. The van der Waals surface area contributed by atoms with Crippen molar-refractivity contribution in [1.82, 2.24) is 14.7 Å². The van der Waals surface area contributed by atoms with E-state index in [9.17, 15) is 10.1 Å². The van der Waals surface area contributed by atoms with E-state index in [1.807, 2.05) is 11.0 Å². The topological polar surface area (TPSA) is 50.6 Å². The molecule has 2 saturated heterocycles. The quantitative estimate of drug-likeness (QED) is 0.845. The van der Waals surface area contributed by atoms with Gasteiger partial charge in [-0.2, -0.15) is 5.26 Å². The van der Waals surface area contributed by atoms with Crippen molar-refractivity contribution in [2.24, 2.45) is 5.92 Å². The Hall–Kier alpha value is -1.90. The Morgan fingerprint density at radius 1 is 1.12 bits per heavy atom. The Morgan fingerprint density at radius 3 is 2.40 bits per heavy atom. The molecule has 134 valence electrons. The third-order valence-electron chi connectivity index (χ3n) is 5.90. The van der Waals surface area contributed by atoms with Crippen LogP contribution in [0.3, 0.4) is 0 Å². The van der Waals surface area contributed by atoms with Crippen LogP contribution in [0.4, 0.5) is 0 Å². The standard InChI is InChI=1S/C20H28N4O/c1-16(23-13-11-22(2)12-14-23)17-7-9-24(10-8-17)20(25)19-6-4-3-5-18(19)15-21/h3-6,16-17H,7-14H2,1-2H3. The maximum absolute atomic E-state index is 12.8. The van der Waals surface area contributed by atoms with Crippen LogP contribution in [0.5, 0.6) is 0 Å². The number of piperidine rings is 1. The van der Waals surface area contributed by atoms with Crippen molar-refractivity contribution in [2.45, 2.75) is 25.8 Å². The van der Waals surface area contributed by atoms with Crippen LogP contribution in [0.1, 0.15) is 35.7 Å². The van der Waals surface area contributed by atoms with E-state index in [-0.39, 0.29) is 5.91 Å². The first-order valence-electron chi connectivity index (χ1n) is 9.31. The summed E-state index contributed by atoms with van der Waals surface area (Å²) < 4.78 is 0. The van der Waals surface area contributed by atoms with Crippen LogP contribution in [0, 0.1) is 17.2 Å². The van der Waals surface area contributed by atoms with E-state index in [2.05, 4.69) is 29.8 Å². The minimum atomic E-state index is 0.00264. The van der Waals surface area contributed by atoms with Gasteiger partial charge in [-0.15, -0.1) is 0 Å². The van der Waals surface area contributed by atoms with Gasteiger partial charge in [0.1, 0.15) is 0 Å². The molecule has 5 heteroatoms. The Balaban J connectivity index is 1.56. The van der Waals surface area contributed by atoms with Crippen LogP contribution >= 0.6 is 0 Å². The molecule has 1 aromatic rings. The number of amides is 1. The van der Waals surface area contributed by atoms with Crippen LogP contribution in [-0.4, -0.2) is 73.0 Å². The third-order valence-corrected chi connectivity index (χ3v) is 5.90. The second-order valence-corrected chi connectivity index (χ2v) is 7.37. The molecule has 1 amide bonds. The summed E-state index contributed by atoms with van der Waals surface area (Å²) in [6.07, 6.45) is 2.10. The van der Waals surface area contributed by atoms with E-state index < -0.39 is 0 Å². The van der Waals surface area contributed by atoms with E-state index in [4.69, 9.17) is 0 Å². The zero-order chi connectivity index (χ0) is 17.8. The fraction of sp³-hybridized carbons (Fsp3) is 0.600. The molecule has 0 bridgehead atoms.